The molecule has 0 aromatic rings. The summed E-state index contributed by atoms with van der Waals surface area (Å²) in [6.07, 6.45) is 0.750. The molecule has 26 valence electrons. The zero-order valence-corrected chi connectivity index (χ0v) is 5.73. The van der Waals surface area contributed by atoms with Gasteiger partial charge in [-0.3, -0.25) is 0 Å². The topological polar surface area (TPSA) is 20.2 Å². The van der Waals surface area contributed by atoms with Crippen molar-refractivity contribution < 1.29 is 34.7 Å². The molecular formula is C3H7NaO. The Morgan fingerprint density at radius 3 is 2.00 bits per heavy atom. The van der Waals surface area contributed by atoms with Gasteiger partial charge >= 0.3 is 29.6 Å². The average molecular weight is 82.1 g/mol. The maximum Gasteiger partial charge on any atom is 1.00 e. The first-order valence-corrected chi connectivity index (χ1v) is 1.37. The smallest absolute Gasteiger partial charge is 0.566 e. The van der Waals surface area contributed by atoms with Gasteiger partial charge in [0.25, 0.3) is 0 Å². The second-order valence-corrected chi connectivity index (χ2v) is 0.591. The number of rotatable bonds is 1. The van der Waals surface area contributed by atoms with E-state index >= 15 is 0 Å². The average Bonchev–Trinajstić information content (AvgIpc) is 1.37. The molecule has 0 aliphatic rings. The molecule has 5 heavy (non-hydrogen) atoms. The SMILES string of the molecule is CC[CH-]O.[Na+]. The van der Waals surface area contributed by atoms with Gasteiger partial charge in [-0.15, -0.1) is 0 Å². The Kier molecular flexibility index (Phi) is 16.6. The largest absolute Gasteiger partial charge is 1.00 e. The Morgan fingerprint density at radius 2 is 2.00 bits per heavy atom. The van der Waals surface area contributed by atoms with Crippen LogP contribution in [-0.2, 0) is 0 Å². The summed E-state index contributed by atoms with van der Waals surface area (Å²) in [6.45, 7) is 3.00. The van der Waals surface area contributed by atoms with E-state index in [0.29, 0.717) is 0 Å². The quantitative estimate of drug-likeness (QED) is 0.285. The maximum atomic E-state index is 7.75. The van der Waals surface area contributed by atoms with E-state index in [0.717, 1.165) is 13.0 Å². The van der Waals surface area contributed by atoms with Crippen molar-refractivity contribution in [2.45, 2.75) is 13.3 Å². The summed E-state index contributed by atoms with van der Waals surface area (Å²) in [7, 11) is 0. The van der Waals surface area contributed by atoms with Crippen LogP contribution in [0.2, 0.25) is 0 Å². The molecule has 1 nitrogen and oxygen atoms in total. The van der Waals surface area contributed by atoms with Gasteiger partial charge in [-0.2, -0.15) is 6.42 Å². The Morgan fingerprint density at radius 1 is 1.80 bits per heavy atom. The van der Waals surface area contributed by atoms with Crippen LogP contribution in [0.3, 0.4) is 0 Å². The molecule has 0 spiro atoms. The van der Waals surface area contributed by atoms with Crippen molar-refractivity contribution in [3.63, 3.8) is 0 Å². The van der Waals surface area contributed by atoms with Gasteiger partial charge in [0.05, 0.1) is 0 Å². The van der Waals surface area contributed by atoms with Gasteiger partial charge in [-0.25, -0.2) is 6.61 Å². The third-order valence-corrected chi connectivity index (χ3v) is 0.183. The van der Waals surface area contributed by atoms with E-state index in [1.54, 1.807) is 0 Å². The minimum atomic E-state index is 0. The molecular weight excluding hydrogens is 75.0 g/mol. The van der Waals surface area contributed by atoms with Gasteiger partial charge in [-0.05, 0) is 0 Å². The van der Waals surface area contributed by atoms with E-state index in [-0.39, 0.29) is 29.6 Å². The molecule has 0 aliphatic heterocycles. The molecule has 0 saturated carbocycles. The molecule has 0 aliphatic carbocycles. The van der Waals surface area contributed by atoms with E-state index in [9.17, 15) is 0 Å². The summed E-state index contributed by atoms with van der Waals surface area (Å²) in [4.78, 5) is 0. The second kappa shape index (κ2) is 8.88. The fourth-order valence-corrected chi connectivity index (χ4v) is 0. The van der Waals surface area contributed by atoms with Gasteiger partial charge in [0.15, 0.2) is 0 Å². The van der Waals surface area contributed by atoms with Crippen LogP contribution in [0.5, 0.6) is 0 Å². The normalized spacial score (nSPS) is 6.00. The van der Waals surface area contributed by atoms with Crippen molar-refractivity contribution in [3.8, 4) is 0 Å². The predicted octanol–water partition coefficient (Wildman–Crippen LogP) is -2.07. The van der Waals surface area contributed by atoms with Crippen LogP contribution in [0.4, 0.5) is 0 Å². The molecule has 0 amide bonds. The van der Waals surface area contributed by atoms with Crippen molar-refractivity contribution in [3.05, 3.63) is 6.61 Å². The maximum absolute atomic E-state index is 7.75. The molecule has 0 rings (SSSR count). The summed E-state index contributed by atoms with van der Waals surface area (Å²) >= 11 is 0. The zero-order valence-electron chi connectivity index (χ0n) is 3.73. The fourth-order valence-electron chi connectivity index (χ4n) is 0. The van der Waals surface area contributed by atoms with Crippen molar-refractivity contribution in [1.82, 2.24) is 0 Å². The standard InChI is InChI=1S/C3H7O.Na/c1-2-3-4;/h3-4H,2H2,1H3;/q-1;+1. The minimum Gasteiger partial charge on any atom is -0.566 e. The molecule has 0 radical (unpaired) electrons. The van der Waals surface area contributed by atoms with E-state index in [4.69, 9.17) is 5.11 Å². The van der Waals surface area contributed by atoms with E-state index in [1.165, 1.54) is 0 Å². The Hall–Kier alpha value is 0.960. The summed E-state index contributed by atoms with van der Waals surface area (Å²) in [5.41, 5.74) is 0. The van der Waals surface area contributed by atoms with E-state index < -0.39 is 0 Å². The summed E-state index contributed by atoms with van der Waals surface area (Å²) < 4.78 is 0. The van der Waals surface area contributed by atoms with Crippen molar-refractivity contribution in [1.29, 1.82) is 0 Å². The van der Waals surface area contributed by atoms with Crippen LogP contribution < -0.4 is 29.6 Å². The molecule has 2 heteroatoms. The summed E-state index contributed by atoms with van der Waals surface area (Å²) in [5.74, 6) is 0. The zero-order chi connectivity index (χ0) is 3.41. The Bertz CT molecular complexity index is 8.85. The van der Waals surface area contributed by atoms with Crippen LogP contribution in [0, 0.1) is 6.61 Å². The molecule has 0 unspecified atom stereocenters. The Balaban J connectivity index is 0. The number of aliphatic hydroxyl groups is 1. The number of hydrogen-bond donors (Lipinski definition) is 1. The molecule has 1 N–H and O–H groups in total. The van der Waals surface area contributed by atoms with Crippen molar-refractivity contribution >= 4 is 0 Å². The van der Waals surface area contributed by atoms with Gasteiger partial charge in [0, 0.05) is 0 Å². The van der Waals surface area contributed by atoms with Crippen LogP contribution in [0.25, 0.3) is 0 Å². The van der Waals surface area contributed by atoms with Crippen LogP contribution in [0.15, 0.2) is 0 Å². The third-order valence-electron chi connectivity index (χ3n) is 0.183. The fraction of sp³-hybridized carbons (Fsp3) is 0.667. The molecule has 0 fully saturated rings. The van der Waals surface area contributed by atoms with Gasteiger partial charge in [0.1, 0.15) is 0 Å². The molecule has 0 saturated heterocycles. The first-order valence-electron chi connectivity index (χ1n) is 1.37. The van der Waals surface area contributed by atoms with Crippen LogP contribution >= 0.6 is 0 Å². The van der Waals surface area contributed by atoms with Crippen LogP contribution in [0.1, 0.15) is 13.3 Å². The Labute approximate surface area is 54.7 Å². The molecule has 0 aromatic carbocycles. The molecule has 0 bridgehead atoms. The third kappa shape index (κ3) is 11.3. The summed E-state index contributed by atoms with van der Waals surface area (Å²) in [5, 5.41) is 7.75. The molecule has 0 heterocycles. The van der Waals surface area contributed by atoms with Crippen molar-refractivity contribution in [2.75, 3.05) is 0 Å². The predicted molar refractivity (Wildman–Crippen MR) is 16.5 cm³/mol. The number of hydrogen-bond acceptors (Lipinski definition) is 1. The molecule has 0 atom stereocenters. The van der Waals surface area contributed by atoms with Gasteiger partial charge < -0.3 is 5.11 Å². The van der Waals surface area contributed by atoms with Crippen molar-refractivity contribution in [2.24, 2.45) is 0 Å². The van der Waals surface area contributed by atoms with Gasteiger partial charge in [-0.1, -0.05) is 6.92 Å². The first kappa shape index (κ1) is 9.35. The number of aliphatic hydroxyl groups excluding tert-OH is 1. The summed E-state index contributed by atoms with van der Waals surface area (Å²) in [6, 6.07) is 0. The molecule has 0 aromatic heterocycles. The first-order chi connectivity index (χ1) is 1.91. The minimum absolute atomic E-state index is 0. The second-order valence-electron chi connectivity index (χ2n) is 0.591. The van der Waals surface area contributed by atoms with Crippen LogP contribution in [-0.4, -0.2) is 5.11 Å². The van der Waals surface area contributed by atoms with Gasteiger partial charge in [0.2, 0.25) is 0 Å². The van der Waals surface area contributed by atoms with E-state index in [1.807, 2.05) is 6.92 Å². The monoisotopic (exact) mass is 82.0 g/mol. The van der Waals surface area contributed by atoms with E-state index in [2.05, 4.69) is 0 Å².